The summed E-state index contributed by atoms with van der Waals surface area (Å²) in [5, 5.41) is 8.56. The minimum atomic E-state index is -0.695. The topological polar surface area (TPSA) is 37.3 Å². The molecule has 1 N–H and O–H groups in total. The fraction of sp³-hybridized carbons (Fsp3) is 0.815. The van der Waals surface area contributed by atoms with Crippen LogP contribution in [0.5, 0.6) is 0 Å². The molecule has 170 valence electrons. The molecular weight excluding hydrogens is 356 g/mol. The minimum absolute atomic E-state index is 0.281. The zero-order chi connectivity index (χ0) is 21.4. The van der Waals surface area contributed by atoms with Crippen LogP contribution in [-0.4, -0.2) is 11.1 Å². The summed E-state index contributed by atoms with van der Waals surface area (Å²) in [5.74, 6) is 0.232. The van der Waals surface area contributed by atoms with E-state index in [0.29, 0.717) is 0 Å². The standard InChI is InChI=1S/C27H50O2/c1-3-26(2)24-22-20-18-16-14-12-10-8-6-4-5-7-9-11-13-15-17-19-21-23-25-27(28)29/h9,11,17,19,26H,3-8,10,12-16,18,20-25H2,1-2H3,(H,28,29)/b11-9+,19-17+. The molecular formula is C27H50O2. The predicted molar refractivity (Wildman–Crippen MR) is 128 cm³/mol. The normalized spacial score (nSPS) is 12.9. The summed E-state index contributed by atoms with van der Waals surface area (Å²) >= 11 is 0. The summed E-state index contributed by atoms with van der Waals surface area (Å²) < 4.78 is 0. The van der Waals surface area contributed by atoms with Gasteiger partial charge in [0.15, 0.2) is 0 Å². The Morgan fingerprint density at radius 2 is 1.07 bits per heavy atom. The Bertz CT molecular complexity index is 397. The van der Waals surface area contributed by atoms with Gasteiger partial charge in [0.25, 0.3) is 0 Å². The number of allylic oxidation sites excluding steroid dienone is 4. The van der Waals surface area contributed by atoms with Crippen LogP contribution >= 0.6 is 0 Å². The fourth-order valence-corrected chi connectivity index (χ4v) is 3.59. The van der Waals surface area contributed by atoms with Crippen molar-refractivity contribution in [2.75, 3.05) is 0 Å². The van der Waals surface area contributed by atoms with Gasteiger partial charge in [0.2, 0.25) is 0 Å². The van der Waals surface area contributed by atoms with Crippen LogP contribution in [0.4, 0.5) is 0 Å². The van der Waals surface area contributed by atoms with Gasteiger partial charge < -0.3 is 5.11 Å². The molecule has 0 fully saturated rings. The molecule has 2 nitrogen and oxygen atoms in total. The SMILES string of the molecule is CCC(C)CCCCCCCCCCCCC/C=C/CC/C=C/CCCC(=O)O. The van der Waals surface area contributed by atoms with Crippen LogP contribution in [0.25, 0.3) is 0 Å². The Hall–Kier alpha value is -1.05. The van der Waals surface area contributed by atoms with Gasteiger partial charge in [0.1, 0.15) is 0 Å². The Morgan fingerprint density at radius 3 is 1.55 bits per heavy atom. The maximum Gasteiger partial charge on any atom is 0.303 e. The zero-order valence-electron chi connectivity index (χ0n) is 19.7. The number of aliphatic carboxylic acids is 1. The van der Waals surface area contributed by atoms with E-state index in [4.69, 9.17) is 5.11 Å². The van der Waals surface area contributed by atoms with Crippen LogP contribution < -0.4 is 0 Å². The molecule has 0 aromatic heterocycles. The first kappa shape index (κ1) is 27.9. The van der Waals surface area contributed by atoms with Gasteiger partial charge in [-0.15, -0.1) is 0 Å². The molecule has 1 atom stereocenters. The van der Waals surface area contributed by atoms with E-state index < -0.39 is 5.97 Å². The van der Waals surface area contributed by atoms with Crippen molar-refractivity contribution in [3.8, 4) is 0 Å². The van der Waals surface area contributed by atoms with E-state index in [0.717, 1.165) is 31.6 Å². The van der Waals surface area contributed by atoms with Gasteiger partial charge in [-0.05, 0) is 44.4 Å². The number of carboxylic acids is 1. The third-order valence-corrected chi connectivity index (χ3v) is 5.86. The summed E-state index contributed by atoms with van der Waals surface area (Å²) in [6.07, 6.45) is 32.6. The second kappa shape index (κ2) is 23.2. The van der Waals surface area contributed by atoms with Crippen LogP contribution in [0.3, 0.4) is 0 Å². The van der Waals surface area contributed by atoms with Gasteiger partial charge >= 0.3 is 5.97 Å². The fourth-order valence-electron chi connectivity index (χ4n) is 3.59. The van der Waals surface area contributed by atoms with Crippen LogP contribution in [0.1, 0.15) is 136 Å². The van der Waals surface area contributed by atoms with Gasteiger partial charge in [-0.1, -0.05) is 115 Å². The first-order valence-corrected chi connectivity index (χ1v) is 12.7. The molecule has 0 aliphatic heterocycles. The molecule has 29 heavy (non-hydrogen) atoms. The summed E-state index contributed by atoms with van der Waals surface area (Å²) in [4.78, 5) is 10.4. The lowest BCUT2D eigenvalue weighted by Gasteiger charge is -2.07. The third kappa shape index (κ3) is 24.9. The van der Waals surface area contributed by atoms with E-state index in [-0.39, 0.29) is 6.42 Å². The van der Waals surface area contributed by atoms with Crippen molar-refractivity contribution >= 4 is 5.97 Å². The van der Waals surface area contributed by atoms with Crippen molar-refractivity contribution in [3.63, 3.8) is 0 Å². The van der Waals surface area contributed by atoms with Gasteiger partial charge in [0, 0.05) is 6.42 Å². The molecule has 0 radical (unpaired) electrons. The summed E-state index contributed by atoms with van der Waals surface area (Å²) in [6, 6.07) is 0. The average molecular weight is 407 g/mol. The highest BCUT2D eigenvalue weighted by molar-refractivity contribution is 5.66. The largest absolute Gasteiger partial charge is 0.481 e. The van der Waals surface area contributed by atoms with Crippen molar-refractivity contribution in [3.05, 3.63) is 24.3 Å². The molecule has 0 spiro atoms. The molecule has 0 aliphatic carbocycles. The number of rotatable bonds is 22. The molecule has 2 heteroatoms. The lowest BCUT2D eigenvalue weighted by molar-refractivity contribution is -0.137. The second-order valence-electron chi connectivity index (χ2n) is 8.79. The van der Waals surface area contributed by atoms with Gasteiger partial charge in [-0.3, -0.25) is 4.79 Å². The predicted octanol–water partition coefficient (Wildman–Crippen LogP) is 9.25. The van der Waals surface area contributed by atoms with Crippen LogP contribution in [0.15, 0.2) is 24.3 Å². The second-order valence-corrected chi connectivity index (χ2v) is 8.79. The maximum absolute atomic E-state index is 10.4. The monoisotopic (exact) mass is 406 g/mol. The molecule has 0 amide bonds. The maximum atomic E-state index is 10.4. The highest BCUT2D eigenvalue weighted by Crippen LogP contribution is 2.15. The number of unbranched alkanes of at least 4 members (excludes halogenated alkanes) is 13. The average Bonchev–Trinajstić information content (AvgIpc) is 2.71. The summed E-state index contributed by atoms with van der Waals surface area (Å²) in [5.41, 5.74) is 0. The highest BCUT2D eigenvalue weighted by atomic mass is 16.4. The van der Waals surface area contributed by atoms with E-state index >= 15 is 0 Å². The Balaban J connectivity index is 3.17. The first-order chi connectivity index (χ1) is 14.2. The van der Waals surface area contributed by atoms with E-state index in [1.807, 2.05) is 0 Å². The molecule has 0 aromatic rings. The first-order valence-electron chi connectivity index (χ1n) is 12.7. The summed E-state index contributed by atoms with van der Waals surface area (Å²) in [6.45, 7) is 4.68. The minimum Gasteiger partial charge on any atom is -0.481 e. The lowest BCUT2D eigenvalue weighted by Crippen LogP contribution is -1.92. The van der Waals surface area contributed by atoms with Crippen LogP contribution in [0.2, 0.25) is 0 Å². The van der Waals surface area contributed by atoms with Crippen molar-refractivity contribution in [1.82, 2.24) is 0 Å². The number of carboxylic acid groups (broad SMARTS) is 1. The third-order valence-electron chi connectivity index (χ3n) is 5.86. The van der Waals surface area contributed by atoms with Crippen molar-refractivity contribution in [2.45, 2.75) is 136 Å². The molecule has 0 saturated heterocycles. The lowest BCUT2D eigenvalue weighted by atomic mass is 9.99. The molecule has 0 aromatic carbocycles. The molecule has 1 unspecified atom stereocenters. The molecule has 0 bridgehead atoms. The van der Waals surface area contributed by atoms with Gasteiger partial charge in [-0.25, -0.2) is 0 Å². The number of carbonyl (C=O) groups is 1. The quantitative estimate of drug-likeness (QED) is 0.144. The Kier molecular flexibility index (Phi) is 22.4. The highest BCUT2D eigenvalue weighted by Gasteiger charge is 1.98. The number of hydrogen-bond acceptors (Lipinski definition) is 1. The van der Waals surface area contributed by atoms with E-state index in [1.165, 1.54) is 89.9 Å². The Labute approximate surface area is 182 Å². The molecule has 0 rings (SSSR count). The molecule has 0 heterocycles. The van der Waals surface area contributed by atoms with Crippen molar-refractivity contribution < 1.29 is 9.90 Å². The molecule has 0 saturated carbocycles. The smallest absolute Gasteiger partial charge is 0.303 e. The number of hydrogen-bond donors (Lipinski definition) is 1. The Morgan fingerprint density at radius 1 is 0.655 bits per heavy atom. The van der Waals surface area contributed by atoms with Crippen molar-refractivity contribution in [2.24, 2.45) is 5.92 Å². The van der Waals surface area contributed by atoms with Crippen molar-refractivity contribution in [1.29, 1.82) is 0 Å². The summed E-state index contributed by atoms with van der Waals surface area (Å²) in [7, 11) is 0. The van der Waals surface area contributed by atoms with E-state index in [9.17, 15) is 4.79 Å². The van der Waals surface area contributed by atoms with Crippen LogP contribution in [-0.2, 0) is 4.79 Å². The zero-order valence-corrected chi connectivity index (χ0v) is 19.7. The van der Waals surface area contributed by atoms with Gasteiger partial charge in [-0.2, -0.15) is 0 Å². The van der Waals surface area contributed by atoms with Crippen LogP contribution in [0, 0.1) is 5.92 Å². The van der Waals surface area contributed by atoms with E-state index in [1.54, 1.807) is 0 Å². The van der Waals surface area contributed by atoms with Gasteiger partial charge in [0.05, 0.1) is 0 Å². The molecule has 0 aliphatic rings. The van der Waals surface area contributed by atoms with E-state index in [2.05, 4.69) is 38.2 Å².